The number of hydrogen-bond acceptors (Lipinski definition) is 2. The van der Waals surface area contributed by atoms with Crippen LogP contribution in [0.15, 0.2) is 0 Å². The normalized spacial score (nSPS) is 17.5. The van der Waals surface area contributed by atoms with E-state index in [1.807, 2.05) is 0 Å². The van der Waals surface area contributed by atoms with Crippen molar-refractivity contribution in [1.29, 1.82) is 0 Å². The number of alkyl halides is 42. The van der Waals surface area contributed by atoms with E-state index in [2.05, 4.69) is 0 Å². The SMILES string of the molecule is OC(F)(F)C(F)(F)C(F)(F)C(F)(F)C(F)(F)C(F)(F)C(F)(F)C(F)(F)C(F)(F)C(F)(F)C(F)(F)C(F)(F)C(F)(F)C(F)(F)C(F)(F)C(F)(F)C(F)(F)C(F)(F)C(F)(F)C(F)(F)C(O)(F)F. The summed E-state index contributed by atoms with van der Waals surface area (Å²) in [7, 11) is 0. The summed E-state index contributed by atoms with van der Waals surface area (Å²) in [5.74, 6) is -193. The summed E-state index contributed by atoms with van der Waals surface area (Å²) in [4.78, 5) is 0. The molecule has 0 saturated heterocycles. The van der Waals surface area contributed by atoms with E-state index in [-0.39, 0.29) is 0 Å². The molecule has 0 radical (unpaired) electrons. The van der Waals surface area contributed by atoms with Crippen LogP contribution in [-0.4, -0.2) is 135 Å². The number of halogens is 42. The van der Waals surface area contributed by atoms with Crippen molar-refractivity contribution in [2.45, 2.75) is 125 Å². The number of rotatable bonds is 20. The van der Waals surface area contributed by atoms with Gasteiger partial charge in [0.05, 0.1) is 0 Å². The van der Waals surface area contributed by atoms with Crippen LogP contribution >= 0.6 is 0 Å². The Balaban J connectivity index is 8.03. The zero-order chi connectivity index (χ0) is 54.5. The van der Waals surface area contributed by atoms with E-state index in [4.69, 9.17) is 10.2 Å². The lowest BCUT2D eigenvalue weighted by atomic mass is 9.81. The summed E-state index contributed by atoms with van der Waals surface area (Å²) in [6, 6.07) is 0. The molecule has 0 heterocycles. The Kier molecular flexibility index (Phi) is 13.8. The molecule has 44 heteroatoms. The molecule has 2 nitrogen and oxygen atoms in total. The molecule has 0 bridgehead atoms. The van der Waals surface area contributed by atoms with Crippen LogP contribution in [0.2, 0.25) is 0 Å². The molecule has 0 amide bonds. The second-order valence-electron chi connectivity index (χ2n) is 12.0. The van der Waals surface area contributed by atoms with Crippen LogP contribution in [0.1, 0.15) is 0 Å². The molecular formula is C21H2F42O2. The maximum Gasteiger partial charge on any atom is 0.423 e. The maximum atomic E-state index is 14.0. The summed E-state index contributed by atoms with van der Waals surface area (Å²) in [5, 5.41) is 14.9. The topological polar surface area (TPSA) is 40.5 Å². The molecular weight excluding hydrogens is 1080 g/mol. The summed E-state index contributed by atoms with van der Waals surface area (Å²) in [6.45, 7) is 0. The van der Waals surface area contributed by atoms with E-state index in [0.717, 1.165) is 0 Å². The average Bonchev–Trinajstić information content (AvgIpc) is 3.05. The highest BCUT2D eigenvalue weighted by Gasteiger charge is 3.03. The van der Waals surface area contributed by atoms with Crippen molar-refractivity contribution in [1.82, 2.24) is 0 Å². The smallest absolute Gasteiger partial charge is 0.331 e. The van der Waals surface area contributed by atoms with Gasteiger partial charge in [0.1, 0.15) is 0 Å². The van der Waals surface area contributed by atoms with E-state index < -0.39 is 125 Å². The van der Waals surface area contributed by atoms with Crippen molar-refractivity contribution < 1.29 is 195 Å². The van der Waals surface area contributed by atoms with Crippen LogP contribution in [0.4, 0.5) is 184 Å². The fraction of sp³-hybridized carbons (Fsp3) is 1.00. The Hall–Kier alpha value is -3.02. The fourth-order valence-corrected chi connectivity index (χ4v) is 3.73. The first-order valence-corrected chi connectivity index (χ1v) is 13.4. The molecule has 0 fully saturated rings. The van der Waals surface area contributed by atoms with Crippen LogP contribution < -0.4 is 0 Å². The molecule has 0 aromatic heterocycles. The van der Waals surface area contributed by atoms with Crippen LogP contribution in [0.25, 0.3) is 0 Å². The third-order valence-electron chi connectivity index (χ3n) is 7.85. The van der Waals surface area contributed by atoms with Crippen molar-refractivity contribution in [3.63, 3.8) is 0 Å². The first-order valence-electron chi connectivity index (χ1n) is 13.4. The monoisotopic (exact) mass is 1080 g/mol. The molecule has 0 aliphatic carbocycles. The highest BCUT2D eigenvalue weighted by molar-refractivity contribution is 5.23. The molecule has 0 saturated carbocycles. The Labute approximate surface area is 321 Å². The zero-order valence-electron chi connectivity index (χ0n) is 27.3. The molecule has 65 heavy (non-hydrogen) atoms. The molecule has 0 aromatic rings. The standard InChI is InChI=1S/C21H2F42O2/c22-1(23,2(24,25)4(28,29)6(32,33)8(36,37)10(40,41)12(44,45)14(48,49)16(52,53)18(56,57)20(60,61)64)3(26,27)5(30,31)7(34,35)9(38,39)11(42,43)13(46,47)15(50,51)17(54,55)19(58,59)21(62,63)65/h64-65H. The van der Waals surface area contributed by atoms with Gasteiger partial charge in [-0.05, 0) is 0 Å². The minimum Gasteiger partial charge on any atom is -0.331 e. The minimum atomic E-state index is -10.7. The van der Waals surface area contributed by atoms with E-state index in [1.54, 1.807) is 0 Å². The minimum absolute atomic E-state index is 7.44. The van der Waals surface area contributed by atoms with E-state index in [0.29, 0.717) is 0 Å². The molecule has 0 aliphatic heterocycles. The van der Waals surface area contributed by atoms with Gasteiger partial charge in [-0.3, -0.25) is 0 Å². The van der Waals surface area contributed by atoms with Gasteiger partial charge in [0.2, 0.25) is 0 Å². The lowest BCUT2D eigenvalue weighted by molar-refractivity contribution is -0.498. The lowest BCUT2D eigenvalue weighted by Crippen LogP contribution is -2.81. The Morgan fingerprint density at radius 2 is 0.154 bits per heavy atom. The fourth-order valence-electron chi connectivity index (χ4n) is 3.73. The molecule has 0 atom stereocenters. The molecule has 2 N–H and O–H groups in total. The van der Waals surface area contributed by atoms with E-state index in [1.165, 1.54) is 0 Å². The zero-order valence-corrected chi connectivity index (χ0v) is 27.3. The second kappa shape index (κ2) is 14.5. The van der Waals surface area contributed by atoms with Gasteiger partial charge in [-0.1, -0.05) is 0 Å². The Morgan fingerprint density at radius 3 is 0.200 bits per heavy atom. The largest absolute Gasteiger partial charge is 0.423 e. The molecule has 0 unspecified atom stereocenters. The Morgan fingerprint density at radius 1 is 0.108 bits per heavy atom. The summed E-state index contributed by atoms with van der Waals surface area (Å²) >= 11 is 0. The van der Waals surface area contributed by atoms with Gasteiger partial charge in [0.25, 0.3) is 0 Å². The van der Waals surface area contributed by atoms with Crippen molar-refractivity contribution in [2.75, 3.05) is 0 Å². The van der Waals surface area contributed by atoms with Crippen LogP contribution in [-0.2, 0) is 0 Å². The van der Waals surface area contributed by atoms with Crippen LogP contribution in [0.5, 0.6) is 0 Å². The number of hydrogen-bond donors (Lipinski definition) is 2. The summed E-state index contributed by atoms with van der Waals surface area (Å²) < 4.78 is 568. The highest BCUT2D eigenvalue weighted by Crippen LogP contribution is 2.71. The third-order valence-corrected chi connectivity index (χ3v) is 7.85. The maximum absolute atomic E-state index is 14.0. The quantitative estimate of drug-likeness (QED) is 0.119. The molecule has 0 aromatic carbocycles. The van der Waals surface area contributed by atoms with Crippen molar-refractivity contribution in [3.8, 4) is 0 Å². The highest BCUT2D eigenvalue weighted by atomic mass is 19.4. The van der Waals surface area contributed by atoms with Crippen LogP contribution in [0.3, 0.4) is 0 Å². The van der Waals surface area contributed by atoms with Crippen molar-refractivity contribution >= 4 is 0 Å². The van der Waals surface area contributed by atoms with Gasteiger partial charge in [0, 0.05) is 0 Å². The van der Waals surface area contributed by atoms with Gasteiger partial charge < -0.3 is 10.2 Å². The predicted octanol–water partition coefficient (Wildman–Crippen LogP) is 12.2. The third kappa shape index (κ3) is 6.77. The van der Waals surface area contributed by atoms with Gasteiger partial charge in [0.15, 0.2) is 0 Å². The first kappa shape index (κ1) is 62.0. The number of aliphatic hydroxyl groups is 2. The summed E-state index contributed by atoms with van der Waals surface area (Å²) in [5.41, 5.74) is 0. The lowest BCUT2D eigenvalue weighted by Gasteiger charge is -2.47. The summed E-state index contributed by atoms with van der Waals surface area (Å²) in [6.07, 6.45) is -16.1. The second-order valence-corrected chi connectivity index (χ2v) is 12.0. The van der Waals surface area contributed by atoms with Gasteiger partial charge >= 0.3 is 125 Å². The molecule has 0 rings (SSSR count). The van der Waals surface area contributed by atoms with Crippen molar-refractivity contribution in [2.24, 2.45) is 0 Å². The van der Waals surface area contributed by atoms with E-state index >= 15 is 0 Å². The molecule has 392 valence electrons. The Bertz CT molecular complexity index is 1610. The van der Waals surface area contributed by atoms with Gasteiger partial charge in [-0.15, -0.1) is 0 Å². The first-order chi connectivity index (χ1) is 27.0. The molecule has 0 spiro atoms. The molecule has 0 aliphatic rings. The van der Waals surface area contributed by atoms with Crippen molar-refractivity contribution in [3.05, 3.63) is 0 Å². The van der Waals surface area contributed by atoms with Gasteiger partial charge in [-0.25, -0.2) is 0 Å². The average molecular weight is 1080 g/mol. The predicted molar refractivity (Wildman–Crippen MR) is 108 cm³/mol. The van der Waals surface area contributed by atoms with Gasteiger partial charge in [-0.2, -0.15) is 184 Å². The van der Waals surface area contributed by atoms with Crippen LogP contribution in [0, 0.1) is 0 Å². The van der Waals surface area contributed by atoms with E-state index in [9.17, 15) is 184 Å².